The van der Waals surface area contributed by atoms with Crippen LogP contribution in [0.4, 0.5) is 0 Å². The summed E-state index contributed by atoms with van der Waals surface area (Å²) in [5.41, 5.74) is 0.835. The fraction of sp³-hybridized carbons (Fsp3) is 0.438. The highest BCUT2D eigenvalue weighted by atomic mass is 16.3. The molecule has 4 heteroatoms. The number of para-hydroxylation sites is 1. The van der Waals surface area contributed by atoms with Gasteiger partial charge in [-0.2, -0.15) is 0 Å². The zero-order chi connectivity index (χ0) is 13.9. The van der Waals surface area contributed by atoms with Gasteiger partial charge >= 0.3 is 0 Å². The normalized spacial score (nSPS) is 20.8. The van der Waals surface area contributed by atoms with E-state index in [1.54, 1.807) is 0 Å². The third kappa shape index (κ3) is 2.70. The predicted molar refractivity (Wildman–Crippen MR) is 78.7 cm³/mol. The number of rotatable bonds is 3. The summed E-state index contributed by atoms with van der Waals surface area (Å²) in [5, 5.41) is 7.45. The maximum absolute atomic E-state index is 12.3. The number of fused-ring (bicyclic) bond motifs is 1. The van der Waals surface area contributed by atoms with E-state index in [-0.39, 0.29) is 17.9 Å². The number of hydrogen-bond donors (Lipinski definition) is 2. The fourth-order valence-electron chi connectivity index (χ4n) is 2.65. The van der Waals surface area contributed by atoms with E-state index in [9.17, 15) is 4.79 Å². The molecule has 20 heavy (non-hydrogen) atoms. The second-order valence-corrected chi connectivity index (χ2v) is 5.46. The van der Waals surface area contributed by atoms with Gasteiger partial charge in [-0.1, -0.05) is 18.2 Å². The second-order valence-electron chi connectivity index (χ2n) is 5.46. The van der Waals surface area contributed by atoms with Crippen molar-refractivity contribution < 1.29 is 9.21 Å². The lowest BCUT2D eigenvalue weighted by Gasteiger charge is -2.24. The van der Waals surface area contributed by atoms with Crippen molar-refractivity contribution in [3.63, 3.8) is 0 Å². The molecule has 2 aromatic rings. The van der Waals surface area contributed by atoms with E-state index in [0.717, 1.165) is 42.7 Å². The van der Waals surface area contributed by atoms with Gasteiger partial charge in [0.05, 0.1) is 5.92 Å². The lowest BCUT2D eigenvalue weighted by molar-refractivity contribution is -0.123. The van der Waals surface area contributed by atoms with Gasteiger partial charge in [0.1, 0.15) is 11.3 Å². The van der Waals surface area contributed by atoms with Gasteiger partial charge < -0.3 is 15.1 Å². The minimum atomic E-state index is -0.260. The summed E-state index contributed by atoms with van der Waals surface area (Å²) in [6.07, 6.45) is 2.16. The maximum Gasteiger partial charge on any atom is 0.230 e. The van der Waals surface area contributed by atoms with Crippen molar-refractivity contribution in [1.82, 2.24) is 10.6 Å². The minimum absolute atomic E-state index is 0.0396. The molecule has 1 aliphatic heterocycles. The van der Waals surface area contributed by atoms with Crippen LogP contribution in [0.15, 0.2) is 34.7 Å². The van der Waals surface area contributed by atoms with Crippen LogP contribution < -0.4 is 10.6 Å². The Morgan fingerprint density at radius 1 is 1.45 bits per heavy atom. The number of benzene rings is 1. The third-order valence-electron chi connectivity index (χ3n) is 3.91. The largest absolute Gasteiger partial charge is 0.460 e. The molecule has 1 aliphatic rings. The Hall–Kier alpha value is -1.81. The highest BCUT2D eigenvalue weighted by Crippen LogP contribution is 2.25. The molecule has 0 aliphatic carbocycles. The SMILES string of the molecule is CC(C(=O)NC1CCCNC1)c1cc2ccccc2o1. The molecule has 1 amide bonds. The van der Waals surface area contributed by atoms with Crippen molar-refractivity contribution in [3.8, 4) is 0 Å². The number of furan rings is 1. The van der Waals surface area contributed by atoms with Crippen molar-refractivity contribution in [2.24, 2.45) is 0 Å². The molecule has 3 rings (SSSR count). The highest BCUT2D eigenvalue weighted by molar-refractivity contribution is 5.85. The minimum Gasteiger partial charge on any atom is -0.460 e. The van der Waals surface area contributed by atoms with Crippen LogP contribution in [0.25, 0.3) is 11.0 Å². The molecule has 2 atom stereocenters. The van der Waals surface area contributed by atoms with Gasteiger partial charge in [0, 0.05) is 18.0 Å². The zero-order valence-corrected chi connectivity index (χ0v) is 11.7. The average molecular weight is 272 g/mol. The van der Waals surface area contributed by atoms with Gasteiger partial charge in [-0.05, 0) is 38.4 Å². The molecular formula is C16H20N2O2. The molecule has 2 unspecified atom stereocenters. The zero-order valence-electron chi connectivity index (χ0n) is 11.7. The molecular weight excluding hydrogens is 252 g/mol. The van der Waals surface area contributed by atoms with Gasteiger partial charge in [0.15, 0.2) is 0 Å². The van der Waals surface area contributed by atoms with Crippen LogP contribution in [0, 0.1) is 0 Å². The van der Waals surface area contributed by atoms with E-state index < -0.39 is 0 Å². The summed E-state index contributed by atoms with van der Waals surface area (Å²) < 4.78 is 5.76. The molecule has 0 radical (unpaired) electrons. The van der Waals surface area contributed by atoms with E-state index in [1.807, 2.05) is 37.3 Å². The summed E-state index contributed by atoms with van der Waals surface area (Å²) in [4.78, 5) is 12.3. The van der Waals surface area contributed by atoms with E-state index >= 15 is 0 Å². The van der Waals surface area contributed by atoms with E-state index in [2.05, 4.69) is 10.6 Å². The number of hydrogen-bond acceptors (Lipinski definition) is 3. The predicted octanol–water partition coefficient (Wildman–Crippen LogP) is 2.40. The Balaban J connectivity index is 1.70. The Labute approximate surface area is 118 Å². The molecule has 1 aromatic heterocycles. The lowest BCUT2D eigenvalue weighted by Crippen LogP contribution is -2.46. The molecule has 0 saturated carbocycles. The van der Waals surface area contributed by atoms with Crippen LogP contribution in [0.2, 0.25) is 0 Å². The van der Waals surface area contributed by atoms with Crippen LogP contribution >= 0.6 is 0 Å². The lowest BCUT2D eigenvalue weighted by atomic mass is 10.0. The van der Waals surface area contributed by atoms with Crippen molar-refractivity contribution in [3.05, 3.63) is 36.1 Å². The van der Waals surface area contributed by atoms with Gasteiger partial charge in [0.2, 0.25) is 5.91 Å². The quantitative estimate of drug-likeness (QED) is 0.902. The fourth-order valence-corrected chi connectivity index (χ4v) is 2.65. The second kappa shape index (κ2) is 5.67. The van der Waals surface area contributed by atoms with E-state index in [1.165, 1.54) is 0 Å². The smallest absolute Gasteiger partial charge is 0.230 e. The summed E-state index contributed by atoms with van der Waals surface area (Å²) >= 11 is 0. The number of carbonyl (C=O) groups excluding carboxylic acids is 1. The molecule has 1 aromatic carbocycles. The Kier molecular flexibility index (Phi) is 3.74. The molecule has 2 N–H and O–H groups in total. The first-order valence-electron chi connectivity index (χ1n) is 7.23. The van der Waals surface area contributed by atoms with Crippen LogP contribution in [0.1, 0.15) is 31.4 Å². The van der Waals surface area contributed by atoms with Crippen LogP contribution in [-0.4, -0.2) is 25.0 Å². The molecule has 0 bridgehead atoms. The van der Waals surface area contributed by atoms with Crippen LogP contribution in [-0.2, 0) is 4.79 Å². The van der Waals surface area contributed by atoms with E-state index in [4.69, 9.17) is 4.42 Å². The molecule has 106 valence electrons. The van der Waals surface area contributed by atoms with Gasteiger partial charge in [-0.25, -0.2) is 0 Å². The monoisotopic (exact) mass is 272 g/mol. The highest BCUT2D eigenvalue weighted by Gasteiger charge is 2.23. The first-order chi connectivity index (χ1) is 9.74. The Morgan fingerprint density at radius 3 is 3.05 bits per heavy atom. The number of nitrogens with one attached hydrogen (secondary N) is 2. The molecule has 0 spiro atoms. The molecule has 2 heterocycles. The summed E-state index contributed by atoms with van der Waals surface area (Å²) in [6, 6.07) is 10.0. The van der Waals surface area contributed by atoms with Crippen molar-refractivity contribution in [2.45, 2.75) is 31.7 Å². The molecule has 1 fully saturated rings. The summed E-state index contributed by atoms with van der Waals surface area (Å²) in [6.45, 7) is 3.80. The average Bonchev–Trinajstić information content (AvgIpc) is 2.91. The van der Waals surface area contributed by atoms with Crippen LogP contribution in [0.5, 0.6) is 0 Å². The maximum atomic E-state index is 12.3. The van der Waals surface area contributed by atoms with E-state index in [0.29, 0.717) is 0 Å². The van der Waals surface area contributed by atoms with Crippen LogP contribution in [0.3, 0.4) is 0 Å². The number of carbonyl (C=O) groups is 1. The van der Waals surface area contributed by atoms with Gasteiger partial charge in [-0.3, -0.25) is 4.79 Å². The first-order valence-corrected chi connectivity index (χ1v) is 7.23. The van der Waals surface area contributed by atoms with Gasteiger partial charge in [0.25, 0.3) is 0 Å². The molecule has 4 nitrogen and oxygen atoms in total. The summed E-state index contributed by atoms with van der Waals surface area (Å²) in [7, 11) is 0. The van der Waals surface area contributed by atoms with Crippen molar-refractivity contribution in [2.75, 3.05) is 13.1 Å². The topological polar surface area (TPSA) is 54.3 Å². The Morgan fingerprint density at radius 2 is 2.30 bits per heavy atom. The molecule has 1 saturated heterocycles. The van der Waals surface area contributed by atoms with Gasteiger partial charge in [-0.15, -0.1) is 0 Å². The van der Waals surface area contributed by atoms with Crippen molar-refractivity contribution in [1.29, 1.82) is 0 Å². The number of amides is 1. The Bertz CT molecular complexity index is 566. The standard InChI is InChI=1S/C16H20N2O2/c1-11(16(19)18-13-6-4-8-17-10-13)15-9-12-5-2-3-7-14(12)20-15/h2-3,5,7,9,11,13,17H,4,6,8,10H2,1H3,(H,18,19). The first kappa shape index (κ1) is 13.2. The number of piperidine rings is 1. The third-order valence-corrected chi connectivity index (χ3v) is 3.91. The summed E-state index contributed by atoms with van der Waals surface area (Å²) in [5.74, 6) is 0.509. The van der Waals surface area contributed by atoms with Crippen molar-refractivity contribution >= 4 is 16.9 Å².